The molecule has 1 aromatic carbocycles. The van der Waals surface area contributed by atoms with E-state index in [2.05, 4.69) is 32.5 Å². The monoisotopic (exact) mass is 340 g/mol. The SMILES string of the molecule is CN(CCNC(=O)c1cc(-c2cccs2)[nH]n1)Cc1ccccc1. The molecule has 1 amide bonds. The topological polar surface area (TPSA) is 61.0 Å². The van der Waals surface area contributed by atoms with Gasteiger partial charge >= 0.3 is 0 Å². The molecular weight excluding hydrogens is 320 g/mol. The molecule has 0 saturated heterocycles. The highest BCUT2D eigenvalue weighted by Crippen LogP contribution is 2.22. The molecule has 0 aliphatic rings. The van der Waals surface area contributed by atoms with Crippen LogP contribution >= 0.6 is 11.3 Å². The van der Waals surface area contributed by atoms with Crippen LogP contribution in [0.1, 0.15) is 16.1 Å². The molecule has 6 heteroatoms. The summed E-state index contributed by atoms with van der Waals surface area (Å²) in [5.74, 6) is -0.151. The van der Waals surface area contributed by atoms with Gasteiger partial charge in [0.05, 0.1) is 10.6 Å². The second-order valence-electron chi connectivity index (χ2n) is 5.62. The standard InChI is InChI=1S/C18H20N4OS/c1-22(13-14-6-3-2-4-7-14)10-9-19-18(23)16-12-15(20-21-16)17-8-5-11-24-17/h2-8,11-12H,9-10,13H2,1H3,(H,19,23)(H,20,21). The summed E-state index contributed by atoms with van der Waals surface area (Å²) in [6, 6.07) is 16.0. The number of H-pyrrole nitrogens is 1. The fourth-order valence-electron chi connectivity index (χ4n) is 2.42. The number of aromatic amines is 1. The predicted molar refractivity (Wildman–Crippen MR) is 97.0 cm³/mol. The number of amides is 1. The molecule has 24 heavy (non-hydrogen) atoms. The second-order valence-corrected chi connectivity index (χ2v) is 6.57. The second kappa shape index (κ2) is 7.90. The maximum atomic E-state index is 12.2. The van der Waals surface area contributed by atoms with Gasteiger partial charge < -0.3 is 10.2 Å². The Morgan fingerprint density at radius 2 is 2.08 bits per heavy atom. The average molecular weight is 340 g/mol. The number of nitrogens with zero attached hydrogens (tertiary/aromatic N) is 2. The number of thiophene rings is 1. The molecule has 2 N–H and O–H groups in total. The van der Waals surface area contributed by atoms with Gasteiger partial charge in [0, 0.05) is 19.6 Å². The lowest BCUT2D eigenvalue weighted by atomic mass is 10.2. The largest absolute Gasteiger partial charge is 0.349 e. The Balaban J connectivity index is 1.46. The van der Waals surface area contributed by atoms with Gasteiger partial charge in [-0.05, 0) is 30.1 Å². The Bertz CT molecular complexity index is 767. The summed E-state index contributed by atoms with van der Waals surface area (Å²) in [4.78, 5) is 15.4. The summed E-state index contributed by atoms with van der Waals surface area (Å²) in [6.07, 6.45) is 0. The van der Waals surface area contributed by atoms with Crippen molar-refractivity contribution in [3.8, 4) is 10.6 Å². The lowest BCUT2D eigenvalue weighted by Gasteiger charge is -2.16. The normalized spacial score (nSPS) is 10.9. The van der Waals surface area contributed by atoms with Crippen LogP contribution in [-0.2, 0) is 6.54 Å². The lowest BCUT2D eigenvalue weighted by molar-refractivity contribution is 0.0944. The van der Waals surface area contributed by atoms with E-state index in [0.717, 1.165) is 23.7 Å². The van der Waals surface area contributed by atoms with Crippen LogP contribution in [0.25, 0.3) is 10.6 Å². The van der Waals surface area contributed by atoms with Crippen LogP contribution in [0.4, 0.5) is 0 Å². The average Bonchev–Trinajstić information content (AvgIpc) is 3.27. The molecule has 5 nitrogen and oxygen atoms in total. The number of likely N-dealkylation sites (N-methyl/N-ethyl adjacent to an activating group) is 1. The first-order valence-corrected chi connectivity index (χ1v) is 8.70. The van der Waals surface area contributed by atoms with Gasteiger partial charge in [0.15, 0.2) is 5.69 Å². The maximum Gasteiger partial charge on any atom is 0.271 e. The molecule has 0 saturated carbocycles. The number of nitrogens with one attached hydrogen (secondary N) is 2. The van der Waals surface area contributed by atoms with Crippen molar-refractivity contribution in [3.05, 3.63) is 65.2 Å². The molecule has 2 heterocycles. The summed E-state index contributed by atoms with van der Waals surface area (Å²) < 4.78 is 0. The van der Waals surface area contributed by atoms with Crippen molar-refractivity contribution < 1.29 is 4.79 Å². The number of hydrogen-bond donors (Lipinski definition) is 2. The van der Waals surface area contributed by atoms with Gasteiger partial charge in [0.1, 0.15) is 0 Å². The van der Waals surface area contributed by atoms with Crippen LogP contribution in [-0.4, -0.2) is 41.1 Å². The number of benzene rings is 1. The van der Waals surface area contributed by atoms with Crippen LogP contribution in [0.2, 0.25) is 0 Å². The van der Waals surface area contributed by atoms with E-state index < -0.39 is 0 Å². The Hall–Kier alpha value is -2.44. The smallest absolute Gasteiger partial charge is 0.271 e. The molecular formula is C18H20N4OS. The van der Waals surface area contributed by atoms with Gasteiger partial charge in [-0.15, -0.1) is 11.3 Å². The van der Waals surface area contributed by atoms with Crippen LogP contribution in [0.15, 0.2) is 53.9 Å². The minimum absolute atomic E-state index is 0.151. The number of rotatable bonds is 7. The van der Waals surface area contributed by atoms with Crippen molar-refractivity contribution in [1.29, 1.82) is 0 Å². The molecule has 3 rings (SSSR count). The van der Waals surface area contributed by atoms with E-state index in [-0.39, 0.29) is 5.91 Å². The van der Waals surface area contributed by atoms with Gasteiger partial charge in [0.2, 0.25) is 0 Å². The van der Waals surface area contributed by atoms with Gasteiger partial charge in [-0.1, -0.05) is 36.4 Å². The van der Waals surface area contributed by atoms with E-state index >= 15 is 0 Å². The van der Waals surface area contributed by atoms with Crippen molar-refractivity contribution in [2.45, 2.75) is 6.54 Å². The Morgan fingerprint density at radius 1 is 1.25 bits per heavy atom. The minimum atomic E-state index is -0.151. The van der Waals surface area contributed by atoms with Crippen molar-refractivity contribution in [2.75, 3.05) is 20.1 Å². The first-order chi connectivity index (χ1) is 11.7. The highest BCUT2D eigenvalue weighted by atomic mass is 32.1. The van der Waals surface area contributed by atoms with Crippen molar-refractivity contribution in [3.63, 3.8) is 0 Å². The van der Waals surface area contributed by atoms with Gasteiger partial charge in [-0.3, -0.25) is 9.89 Å². The van der Waals surface area contributed by atoms with Crippen LogP contribution in [0, 0.1) is 0 Å². The number of carbonyl (C=O) groups is 1. The van der Waals surface area contributed by atoms with E-state index in [9.17, 15) is 4.79 Å². The van der Waals surface area contributed by atoms with Crippen molar-refractivity contribution >= 4 is 17.2 Å². The molecule has 0 fully saturated rings. The van der Waals surface area contributed by atoms with Gasteiger partial charge in [-0.2, -0.15) is 5.10 Å². The third-order valence-corrected chi connectivity index (χ3v) is 4.57. The predicted octanol–water partition coefficient (Wildman–Crippen LogP) is 3.00. The van der Waals surface area contributed by atoms with E-state index in [1.165, 1.54) is 5.56 Å². The third kappa shape index (κ3) is 4.31. The van der Waals surface area contributed by atoms with E-state index in [0.29, 0.717) is 12.2 Å². The molecule has 0 radical (unpaired) electrons. The quantitative estimate of drug-likeness (QED) is 0.695. The van der Waals surface area contributed by atoms with E-state index in [1.54, 1.807) is 17.4 Å². The molecule has 0 aliphatic carbocycles. The maximum absolute atomic E-state index is 12.2. The summed E-state index contributed by atoms with van der Waals surface area (Å²) in [7, 11) is 2.04. The van der Waals surface area contributed by atoms with Gasteiger partial charge in [-0.25, -0.2) is 0 Å². The molecule has 0 spiro atoms. The zero-order valence-electron chi connectivity index (χ0n) is 13.5. The molecule has 0 atom stereocenters. The minimum Gasteiger partial charge on any atom is -0.349 e. The Kier molecular flexibility index (Phi) is 5.40. The van der Waals surface area contributed by atoms with Crippen LogP contribution < -0.4 is 5.32 Å². The number of aromatic nitrogens is 2. The van der Waals surface area contributed by atoms with Gasteiger partial charge in [0.25, 0.3) is 5.91 Å². The van der Waals surface area contributed by atoms with E-state index in [1.807, 2.05) is 42.8 Å². The molecule has 0 aliphatic heterocycles. The highest BCUT2D eigenvalue weighted by molar-refractivity contribution is 7.13. The number of hydrogen-bond acceptors (Lipinski definition) is 4. The fourth-order valence-corrected chi connectivity index (χ4v) is 3.11. The third-order valence-electron chi connectivity index (χ3n) is 3.67. The van der Waals surface area contributed by atoms with Crippen LogP contribution in [0.3, 0.4) is 0 Å². The zero-order valence-corrected chi connectivity index (χ0v) is 14.3. The zero-order chi connectivity index (χ0) is 16.8. The Labute approximate surface area is 145 Å². The summed E-state index contributed by atoms with van der Waals surface area (Å²) in [5, 5.41) is 11.9. The Morgan fingerprint density at radius 3 is 2.83 bits per heavy atom. The first kappa shape index (κ1) is 16.4. The molecule has 3 aromatic rings. The molecule has 0 bridgehead atoms. The fraction of sp³-hybridized carbons (Fsp3) is 0.222. The van der Waals surface area contributed by atoms with E-state index in [4.69, 9.17) is 0 Å². The summed E-state index contributed by atoms with van der Waals surface area (Å²) in [5.41, 5.74) is 2.56. The van der Waals surface area contributed by atoms with Crippen LogP contribution in [0.5, 0.6) is 0 Å². The summed E-state index contributed by atoms with van der Waals surface area (Å²) in [6.45, 7) is 2.23. The first-order valence-electron chi connectivity index (χ1n) is 7.82. The molecule has 2 aromatic heterocycles. The highest BCUT2D eigenvalue weighted by Gasteiger charge is 2.11. The number of carbonyl (C=O) groups excluding carboxylic acids is 1. The lowest BCUT2D eigenvalue weighted by Crippen LogP contribution is -2.32. The molecule has 0 unspecified atom stereocenters. The van der Waals surface area contributed by atoms with Crippen molar-refractivity contribution in [1.82, 2.24) is 20.4 Å². The molecule has 124 valence electrons. The van der Waals surface area contributed by atoms with Crippen molar-refractivity contribution in [2.24, 2.45) is 0 Å². The summed E-state index contributed by atoms with van der Waals surface area (Å²) >= 11 is 1.61.